The molecule has 7 N–H and O–H groups in total. The van der Waals surface area contributed by atoms with Gasteiger partial charge in [0.15, 0.2) is 10.8 Å². The van der Waals surface area contributed by atoms with Crippen LogP contribution in [0.4, 0.5) is 5.13 Å². The molecule has 2 aromatic heterocycles. The van der Waals surface area contributed by atoms with E-state index in [-0.39, 0.29) is 34.5 Å². The van der Waals surface area contributed by atoms with E-state index in [2.05, 4.69) is 36.3 Å². The van der Waals surface area contributed by atoms with Crippen molar-refractivity contribution in [3.63, 3.8) is 0 Å². The monoisotopic (exact) mass is 600 g/mol. The fourth-order valence-corrected chi connectivity index (χ4v) is 5.24. The predicted molar refractivity (Wildman–Crippen MR) is 138 cm³/mol. The Bertz CT molecular complexity index is 1400. The van der Waals surface area contributed by atoms with E-state index in [9.17, 15) is 32.5 Å². The lowest BCUT2D eigenvalue weighted by Gasteiger charge is -2.43. The molecule has 40 heavy (non-hydrogen) atoms. The van der Waals surface area contributed by atoms with Crippen LogP contribution in [-0.4, -0.2) is 104 Å². The van der Waals surface area contributed by atoms with Gasteiger partial charge in [-0.15, -0.1) is 11.3 Å². The topological polar surface area (TPSA) is 256 Å². The Morgan fingerprint density at radius 2 is 2.10 bits per heavy atom. The summed E-state index contributed by atoms with van der Waals surface area (Å²) >= 11 is 0.981. The number of anilines is 1. The minimum absolute atomic E-state index is 0.0447. The molecule has 2 fully saturated rings. The number of nitrogen functional groups attached to an aromatic ring is 1. The second kappa shape index (κ2) is 11.8. The number of carbonyl (C=O) groups excluding carboxylic acids is 2. The van der Waals surface area contributed by atoms with Crippen molar-refractivity contribution in [1.29, 1.82) is 0 Å². The van der Waals surface area contributed by atoms with Crippen LogP contribution in [0.2, 0.25) is 0 Å². The summed E-state index contributed by atoms with van der Waals surface area (Å²) in [6.45, 7) is 1.67. The molecule has 1 saturated heterocycles. The minimum atomic E-state index is -4.97. The maximum atomic E-state index is 13.2. The number of nitrogens with two attached hydrogens (primary N) is 1. The van der Waals surface area contributed by atoms with Crippen LogP contribution < -0.4 is 21.7 Å². The Morgan fingerprint density at radius 3 is 2.70 bits per heavy atom. The van der Waals surface area contributed by atoms with Gasteiger partial charge in [0.1, 0.15) is 17.8 Å². The van der Waals surface area contributed by atoms with Gasteiger partial charge in [-0.1, -0.05) is 5.16 Å². The molecule has 0 radical (unpaired) electrons. The number of oxime groups is 1. The fraction of sp³-hybridized carbons (Fsp3) is 0.550. The number of hydrogen-bond donors (Lipinski definition) is 6. The molecule has 0 aromatic carbocycles. The molecule has 1 aliphatic carbocycles. The Morgan fingerprint density at radius 1 is 1.35 bits per heavy atom. The van der Waals surface area contributed by atoms with Gasteiger partial charge in [-0.3, -0.25) is 14.1 Å². The van der Waals surface area contributed by atoms with E-state index in [0.717, 1.165) is 35.6 Å². The number of carbonyl (C=O) groups is 3. The molecule has 218 valence electrons. The zero-order chi connectivity index (χ0) is 29.1. The molecule has 3 heterocycles. The van der Waals surface area contributed by atoms with E-state index in [1.54, 1.807) is 0 Å². The number of β-lactam (4-membered cyclic amide) rings is 1. The third kappa shape index (κ3) is 6.53. The molecule has 2 aliphatic rings. The van der Waals surface area contributed by atoms with Crippen LogP contribution in [0.5, 0.6) is 0 Å². The molecule has 2 unspecified atom stereocenters. The number of nitrogens with one attached hydrogen (secondary N) is 3. The zero-order valence-corrected chi connectivity index (χ0v) is 22.8. The lowest BCUT2D eigenvalue weighted by molar-refractivity contribution is -0.153. The molecule has 4 rings (SSSR count). The SMILES string of the molecule is CNCCCNCc1cnn(CC2C(NC(=O)C(=NOC3(C(=O)O)CC3)c3csc(N)n3)C(=O)N2S(=O)(=O)O)n1. The number of aliphatic carboxylic acids is 1. The molecule has 2 atom stereocenters. The number of aromatic nitrogens is 4. The number of rotatable bonds is 15. The van der Waals surface area contributed by atoms with E-state index in [1.165, 1.54) is 11.6 Å². The van der Waals surface area contributed by atoms with Gasteiger partial charge in [0.05, 0.1) is 18.4 Å². The first kappa shape index (κ1) is 29.3. The summed E-state index contributed by atoms with van der Waals surface area (Å²) in [5.74, 6) is -3.38. The lowest BCUT2D eigenvalue weighted by atomic mass is 9.98. The van der Waals surface area contributed by atoms with Crippen LogP contribution in [0.3, 0.4) is 0 Å². The standard InChI is InChI=1S/C20H28N10O8S2/c1-22-5-2-6-23-7-11-8-24-29(27-11)9-13-15(17(32)30(13)40(35,36)37)26-16(31)14(12-10-39-19(21)25-12)28-38-20(3-4-20)18(33)34/h8,10,13,15,22-23H,2-7,9H2,1H3,(H2,21,25)(H,26,31)(H,33,34)(H,35,36,37). The molecule has 2 amide bonds. The van der Waals surface area contributed by atoms with Crippen molar-refractivity contribution in [3.8, 4) is 0 Å². The molecule has 20 heteroatoms. The van der Waals surface area contributed by atoms with E-state index in [0.29, 0.717) is 12.2 Å². The van der Waals surface area contributed by atoms with E-state index in [4.69, 9.17) is 10.6 Å². The number of thiazole rings is 1. The highest BCUT2D eigenvalue weighted by molar-refractivity contribution is 7.84. The van der Waals surface area contributed by atoms with Crippen molar-refractivity contribution < 1.29 is 37.3 Å². The highest BCUT2D eigenvalue weighted by Crippen LogP contribution is 2.40. The van der Waals surface area contributed by atoms with Crippen molar-refractivity contribution >= 4 is 50.3 Å². The molecular formula is C20H28N10O8S2. The van der Waals surface area contributed by atoms with Gasteiger partial charge >= 0.3 is 16.3 Å². The molecule has 18 nitrogen and oxygen atoms in total. The number of nitrogens with zero attached hydrogens (tertiary/aromatic N) is 6. The Kier molecular flexibility index (Phi) is 8.63. The average molecular weight is 601 g/mol. The first-order valence-electron chi connectivity index (χ1n) is 12.0. The third-order valence-electron chi connectivity index (χ3n) is 6.11. The summed E-state index contributed by atoms with van der Waals surface area (Å²) in [6.07, 6.45) is 2.70. The number of carboxylic acids is 1. The molecule has 1 saturated carbocycles. The highest BCUT2D eigenvalue weighted by atomic mass is 32.2. The first-order chi connectivity index (χ1) is 18.9. The van der Waals surface area contributed by atoms with Crippen LogP contribution in [-0.2, 0) is 42.6 Å². The van der Waals surface area contributed by atoms with Gasteiger partial charge in [-0.2, -0.15) is 23.4 Å². The van der Waals surface area contributed by atoms with Crippen molar-refractivity contribution in [3.05, 3.63) is 23.0 Å². The number of hydrogen-bond acceptors (Lipinski definition) is 14. The molecule has 0 spiro atoms. The molecule has 2 aromatic rings. The maximum absolute atomic E-state index is 13.2. The van der Waals surface area contributed by atoms with Crippen LogP contribution in [0.1, 0.15) is 30.7 Å². The lowest BCUT2D eigenvalue weighted by Crippen LogP contribution is -2.73. The predicted octanol–water partition coefficient (Wildman–Crippen LogP) is -2.45. The van der Waals surface area contributed by atoms with E-state index < -0.39 is 51.5 Å². The van der Waals surface area contributed by atoms with E-state index in [1.807, 2.05) is 7.05 Å². The molecule has 0 bridgehead atoms. The van der Waals surface area contributed by atoms with Crippen molar-refractivity contribution in [2.45, 2.75) is 50.0 Å². The summed E-state index contributed by atoms with van der Waals surface area (Å²) < 4.78 is 33.6. The van der Waals surface area contributed by atoms with Crippen LogP contribution >= 0.6 is 11.3 Å². The summed E-state index contributed by atoms with van der Waals surface area (Å²) in [6, 6.07) is -2.72. The van der Waals surface area contributed by atoms with Crippen LogP contribution in [0.15, 0.2) is 16.7 Å². The normalized spacial score (nSPS) is 20.2. The zero-order valence-electron chi connectivity index (χ0n) is 21.2. The number of amides is 2. The smallest absolute Gasteiger partial charge is 0.362 e. The van der Waals surface area contributed by atoms with Gasteiger partial charge in [0, 0.05) is 24.8 Å². The quantitative estimate of drug-likeness (QED) is 0.0408. The third-order valence-corrected chi connectivity index (χ3v) is 7.73. The van der Waals surface area contributed by atoms with Gasteiger partial charge in [0.2, 0.25) is 5.60 Å². The molecular weight excluding hydrogens is 572 g/mol. The highest BCUT2D eigenvalue weighted by Gasteiger charge is 2.56. The summed E-state index contributed by atoms with van der Waals surface area (Å²) in [7, 11) is -3.12. The molecule has 1 aliphatic heterocycles. The largest absolute Gasteiger partial charge is 0.478 e. The minimum Gasteiger partial charge on any atom is -0.478 e. The summed E-state index contributed by atoms with van der Waals surface area (Å²) in [5.41, 5.74) is 4.11. The summed E-state index contributed by atoms with van der Waals surface area (Å²) in [5, 5.41) is 31.4. The van der Waals surface area contributed by atoms with Crippen molar-refractivity contribution in [2.75, 3.05) is 25.9 Å². The number of carboxylic acid groups (broad SMARTS) is 1. The van der Waals surface area contributed by atoms with Gasteiger partial charge in [-0.05, 0) is 26.6 Å². The summed E-state index contributed by atoms with van der Waals surface area (Å²) in [4.78, 5) is 47.6. The van der Waals surface area contributed by atoms with Crippen LogP contribution in [0.25, 0.3) is 0 Å². The van der Waals surface area contributed by atoms with Gasteiger partial charge in [0.25, 0.3) is 11.8 Å². The average Bonchev–Trinajstić information content (AvgIpc) is 3.36. The second-order valence-electron chi connectivity index (χ2n) is 9.06. The fourth-order valence-electron chi connectivity index (χ4n) is 3.82. The first-order valence-corrected chi connectivity index (χ1v) is 14.3. The van der Waals surface area contributed by atoms with Gasteiger partial charge < -0.3 is 31.6 Å². The van der Waals surface area contributed by atoms with Crippen molar-refractivity contribution in [1.82, 2.24) is 40.2 Å². The maximum Gasteiger partial charge on any atom is 0.362 e. The Labute approximate surface area is 231 Å². The Balaban J connectivity index is 1.49. The van der Waals surface area contributed by atoms with Gasteiger partial charge in [-0.25, -0.2) is 14.1 Å². The van der Waals surface area contributed by atoms with Crippen LogP contribution in [0, 0.1) is 0 Å². The van der Waals surface area contributed by atoms with Crippen molar-refractivity contribution in [2.24, 2.45) is 5.16 Å². The van der Waals surface area contributed by atoms with E-state index >= 15 is 0 Å². The Hall–Kier alpha value is -3.72. The second-order valence-corrected chi connectivity index (χ2v) is 11.2.